The van der Waals surface area contributed by atoms with Crippen molar-refractivity contribution in [3.05, 3.63) is 69.5 Å². The lowest BCUT2D eigenvalue weighted by molar-refractivity contribution is 0.0600. The molecule has 0 fully saturated rings. The molecule has 1 N–H and O–H groups in total. The van der Waals surface area contributed by atoms with Crippen LogP contribution in [0.2, 0.25) is 5.02 Å². The van der Waals surface area contributed by atoms with Crippen molar-refractivity contribution >= 4 is 23.5 Å². The summed E-state index contributed by atoms with van der Waals surface area (Å²) in [6.45, 7) is 0. The van der Waals surface area contributed by atoms with E-state index in [2.05, 4.69) is 5.32 Å². The van der Waals surface area contributed by atoms with E-state index >= 15 is 0 Å². The first-order valence-corrected chi connectivity index (χ1v) is 7.84. The number of rotatable bonds is 3. The standard InChI is InChI=1S/C18H15ClFNO3/c1-24-18(23)11-3-2-10-4-7-16(14(10)8-11)21-17(22)13-6-5-12(20)9-15(13)19/h2-3,5-6,8-9,16H,4,7H2,1H3,(H,21,22)/t16-/m1/s1. The largest absolute Gasteiger partial charge is 0.465 e. The number of amides is 1. The maximum absolute atomic E-state index is 13.1. The van der Waals surface area contributed by atoms with Gasteiger partial charge in [0.25, 0.3) is 5.91 Å². The molecule has 0 saturated carbocycles. The van der Waals surface area contributed by atoms with E-state index in [1.54, 1.807) is 12.1 Å². The van der Waals surface area contributed by atoms with Crippen molar-refractivity contribution in [1.82, 2.24) is 5.32 Å². The van der Waals surface area contributed by atoms with Gasteiger partial charge in [-0.25, -0.2) is 9.18 Å². The summed E-state index contributed by atoms with van der Waals surface area (Å²) in [6.07, 6.45) is 1.53. The van der Waals surface area contributed by atoms with E-state index in [1.165, 1.54) is 19.2 Å². The number of esters is 1. The van der Waals surface area contributed by atoms with E-state index in [1.807, 2.05) is 6.07 Å². The first-order chi connectivity index (χ1) is 11.5. The molecular weight excluding hydrogens is 333 g/mol. The van der Waals surface area contributed by atoms with Gasteiger partial charge in [-0.1, -0.05) is 17.7 Å². The Balaban J connectivity index is 1.83. The summed E-state index contributed by atoms with van der Waals surface area (Å²) in [7, 11) is 1.32. The van der Waals surface area contributed by atoms with Crippen LogP contribution in [0.4, 0.5) is 4.39 Å². The fourth-order valence-electron chi connectivity index (χ4n) is 2.91. The maximum atomic E-state index is 13.1. The summed E-state index contributed by atoms with van der Waals surface area (Å²) in [4.78, 5) is 24.1. The molecule has 124 valence electrons. The molecule has 1 aliphatic rings. The van der Waals surface area contributed by atoms with Crippen LogP contribution in [0.5, 0.6) is 0 Å². The topological polar surface area (TPSA) is 55.4 Å². The van der Waals surface area contributed by atoms with Crippen molar-refractivity contribution in [2.24, 2.45) is 0 Å². The third-order valence-corrected chi connectivity index (χ3v) is 4.44. The Morgan fingerprint density at radius 1 is 1.25 bits per heavy atom. The number of halogens is 2. The second-order valence-corrected chi connectivity index (χ2v) is 6.00. The lowest BCUT2D eigenvalue weighted by Crippen LogP contribution is -2.27. The van der Waals surface area contributed by atoms with Gasteiger partial charge in [-0.3, -0.25) is 4.79 Å². The van der Waals surface area contributed by atoms with Gasteiger partial charge in [0.15, 0.2) is 0 Å². The predicted molar refractivity (Wildman–Crippen MR) is 87.7 cm³/mol. The Labute approximate surface area is 143 Å². The number of fused-ring (bicyclic) bond motifs is 1. The summed E-state index contributed by atoms with van der Waals surface area (Å²) in [5, 5.41) is 2.96. The highest BCUT2D eigenvalue weighted by Crippen LogP contribution is 2.32. The monoisotopic (exact) mass is 347 g/mol. The molecule has 0 saturated heterocycles. The van der Waals surface area contributed by atoms with Crippen LogP contribution in [-0.2, 0) is 11.2 Å². The Hall–Kier alpha value is -2.40. The van der Waals surface area contributed by atoms with Crippen LogP contribution in [0.3, 0.4) is 0 Å². The molecule has 24 heavy (non-hydrogen) atoms. The molecule has 1 amide bonds. The zero-order valence-corrected chi connectivity index (χ0v) is 13.7. The highest BCUT2D eigenvalue weighted by atomic mass is 35.5. The number of hydrogen-bond donors (Lipinski definition) is 1. The van der Waals surface area contributed by atoms with E-state index < -0.39 is 11.8 Å². The van der Waals surface area contributed by atoms with Gasteiger partial charge in [-0.2, -0.15) is 0 Å². The third kappa shape index (κ3) is 3.12. The fourth-order valence-corrected chi connectivity index (χ4v) is 3.16. The van der Waals surface area contributed by atoms with Crippen LogP contribution in [-0.4, -0.2) is 19.0 Å². The summed E-state index contributed by atoms with van der Waals surface area (Å²) >= 11 is 5.93. The molecule has 1 aliphatic carbocycles. The molecule has 0 aliphatic heterocycles. The number of nitrogens with one attached hydrogen (secondary N) is 1. The lowest BCUT2D eigenvalue weighted by Gasteiger charge is -2.15. The van der Waals surface area contributed by atoms with Crippen molar-refractivity contribution in [3.8, 4) is 0 Å². The van der Waals surface area contributed by atoms with Crippen molar-refractivity contribution in [3.63, 3.8) is 0 Å². The third-order valence-electron chi connectivity index (χ3n) is 4.13. The van der Waals surface area contributed by atoms with Crippen LogP contribution in [0, 0.1) is 5.82 Å². The smallest absolute Gasteiger partial charge is 0.337 e. The van der Waals surface area contributed by atoms with Gasteiger partial charge in [0.05, 0.1) is 29.3 Å². The Bertz CT molecular complexity index is 822. The molecule has 0 aromatic heterocycles. The van der Waals surface area contributed by atoms with Gasteiger partial charge in [-0.05, 0) is 54.3 Å². The predicted octanol–water partition coefficient (Wildman–Crippen LogP) is 3.68. The number of hydrogen-bond acceptors (Lipinski definition) is 3. The summed E-state index contributed by atoms with van der Waals surface area (Å²) in [6, 6.07) is 8.76. The Kier molecular flexibility index (Phi) is 4.53. The van der Waals surface area contributed by atoms with Crippen molar-refractivity contribution in [2.75, 3.05) is 7.11 Å². The number of benzene rings is 2. The quantitative estimate of drug-likeness (QED) is 0.862. The SMILES string of the molecule is COC(=O)c1ccc2c(c1)[C@H](NC(=O)c1ccc(F)cc1Cl)CC2. The molecule has 1 atom stereocenters. The molecule has 0 spiro atoms. The number of carbonyl (C=O) groups is 2. The maximum Gasteiger partial charge on any atom is 0.337 e. The van der Waals surface area contributed by atoms with Gasteiger partial charge < -0.3 is 10.1 Å². The van der Waals surface area contributed by atoms with Crippen molar-refractivity contribution in [2.45, 2.75) is 18.9 Å². The molecule has 2 aromatic rings. The normalized spacial score (nSPS) is 15.7. The number of aryl methyl sites for hydroxylation is 1. The number of ether oxygens (including phenoxy) is 1. The van der Waals surface area contributed by atoms with Crippen LogP contribution in [0.15, 0.2) is 36.4 Å². The molecule has 0 heterocycles. The van der Waals surface area contributed by atoms with E-state index in [0.717, 1.165) is 30.0 Å². The van der Waals surface area contributed by atoms with E-state index in [4.69, 9.17) is 16.3 Å². The first-order valence-electron chi connectivity index (χ1n) is 7.46. The van der Waals surface area contributed by atoms with E-state index in [-0.39, 0.29) is 22.5 Å². The molecule has 0 unspecified atom stereocenters. The molecule has 2 aromatic carbocycles. The lowest BCUT2D eigenvalue weighted by atomic mass is 10.0. The summed E-state index contributed by atoms with van der Waals surface area (Å²) in [5.41, 5.74) is 2.63. The minimum absolute atomic E-state index is 0.0639. The second kappa shape index (κ2) is 6.61. The van der Waals surface area contributed by atoms with Crippen molar-refractivity contribution < 1.29 is 18.7 Å². The molecule has 6 heteroatoms. The van der Waals surface area contributed by atoms with Crippen LogP contribution in [0.1, 0.15) is 44.3 Å². The number of methoxy groups -OCH3 is 1. The second-order valence-electron chi connectivity index (χ2n) is 5.59. The van der Waals surface area contributed by atoms with Gasteiger partial charge in [-0.15, -0.1) is 0 Å². The molecule has 3 rings (SSSR count). The summed E-state index contributed by atoms with van der Waals surface area (Å²) in [5.74, 6) is -1.29. The van der Waals surface area contributed by atoms with E-state index in [0.29, 0.717) is 5.56 Å². The molecule has 0 radical (unpaired) electrons. The summed E-state index contributed by atoms with van der Waals surface area (Å²) < 4.78 is 17.8. The fraction of sp³-hybridized carbons (Fsp3) is 0.222. The minimum Gasteiger partial charge on any atom is -0.465 e. The zero-order valence-electron chi connectivity index (χ0n) is 12.9. The minimum atomic E-state index is -0.495. The first kappa shape index (κ1) is 16.5. The van der Waals surface area contributed by atoms with Crippen LogP contribution < -0.4 is 5.32 Å². The Morgan fingerprint density at radius 2 is 2.04 bits per heavy atom. The highest BCUT2D eigenvalue weighted by molar-refractivity contribution is 6.33. The van der Waals surface area contributed by atoms with Crippen LogP contribution >= 0.6 is 11.6 Å². The number of carbonyl (C=O) groups excluding carboxylic acids is 2. The van der Waals surface area contributed by atoms with Gasteiger partial charge in [0, 0.05) is 0 Å². The molecular formula is C18H15ClFNO3. The van der Waals surface area contributed by atoms with E-state index in [9.17, 15) is 14.0 Å². The zero-order chi connectivity index (χ0) is 17.3. The average molecular weight is 348 g/mol. The van der Waals surface area contributed by atoms with Crippen molar-refractivity contribution in [1.29, 1.82) is 0 Å². The highest BCUT2D eigenvalue weighted by Gasteiger charge is 2.26. The molecule has 4 nitrogen and oxygen atoms in total. The van der Waals surface area contributed by atoms with Gasteiger partial charge in [0.2, 0.25) is 0 Å². The average Bonchev–Trinajstić information content (AvgIpc) is 2.96. The van der Waals surface area contributed by atoms with Gasteiger partial charge in [0.1, 0.15) is 5.82 Å². The Morgan fingerprint density at radius 3 is 2.75 bits per heavy atom. The van der Waals surface area contributed by atoms with Gasteiger partial charge >= 0.3 is 5.97 Å². The van der Waals surface area contributed by atoms with Crippen LogP contribution in [0.25, 0.3) is 0 Å². The molecule has 0 bridgehead atoms.